The molecule has 2 aromatic heterocycles. The van der Waals surface area contributed by atoms with Crippen LogP contribution in [0.25, 0.3) is 11.2 Å². The topological polar surface area (TPSA) is 138 Å². The summed E-state index contributed by atoms with van der Waals surface area (Å²) in [6.07, 6.45) is -2.02. The quantitative estimate of drug-likeness (QED) is 0.426. The van der Waals surface area contributed by atoms with Crippen molar-refractivity contribution in [2.75, 3.05) is 12.3 Å². The van der Waals surface area contributed by atoms with Crippen molar-refractivity contribution < 1.29 is 23.8 Å². The number of anilines is 1. The van der Waals surface area contributed by atoms with Crippen molar-refractivity contribution >= 4 is 51.4 Å². The van der Waals surface area contributed by atoms with Gasteiger partial charge in [0.05, 0.1) is 6.61 Å². The number of rotatable bonds is 1. The number of nitrogens with two attached hydrogens (primary N) is 1. The molecule has 0 bridgehead atoms. The summed E-state index contributed by atoms with van der Waals surface area (Å²) in [5.74, 6) is 0.213. The number of aliphatic hydroxyl groups excluding tert-OH is 1. The fraction of sp³-hybridized carbons (Fsp3) is 0.500. The molecule has 1 unspecified atom stereocenters. The Bertz CT molecular complexity index is 835. The zero-order valence-corrected chi connectivity index (χ0v) is 14.6. The van der Waals surface area contributed by atoms with Crippen molar-refractivity contribution in [2.24, 2.45) is 0 Å². The van der Waals surface area contributed by atoms with Gasteiger partial charge in [-0.2, -0.15) is 0 Å². The molecule has 0 amide bonds. The van der Waals surface area contributed by atoms with Gasteiger partial charge in [-0.05, 0) is 27.7 Å². The van der Waals surface area contributed by atoms with Crippen molar-refractivity contribution in [2.45, 2.75) is 24.5 Å². The second-order valence-corrected chi connectivity index (χ2v) is 8.57. The van der Waals surface area contributed by atoms with E-state index in [9.17, 15) is 10.00 Å². The molecule has 13 heteroatoms. The number of aliphatic hydroxyl groups is 1. The third-order valence-corrected chi connectivity index (χ3v) is 5.80. The minimum Gasteiger partial charge on any atom is -0.386 e. The Hall–Kier alpha value is -0.720. The van der Waals surface area contributed by atoms with Gasteiger partial charge in [-0.15, -0.1) is 0 Å². The maximum atomic E-state index is 10.6. The van der Waals surface area contributed by atoms with E-state index in [-0.39, 0.29) is 12.4 Å². The van der Waals surface area contributed by atoms with E-state index in [1.54, 1.807) is 4.57 Å². The van der Waals surface area contributed by atoms with E-state index in [2.05, 4.69) is 30.9 Å². The highest BCUT2D eigenvalue weighted by molar-refractivity contribution is 9.10. The predicted octanol–water partition coefficient (Wildman–Crippen LogP) is 0.0615. The first-order valence-electron chi connectivity index (χ1n) is 6.50. The second kappa shape index (κ2) is 5.39. The highest BCUT2D eigenvalue weighted by Crippen LogP contribution is 2.53. The molecular formula is C10H11BrN5O5PS. The van der Waals surface area contributed by atoms with Crippen molar-refractivity contribution in [1.82, 2.24) is 19.5 Å². The lowest BCUT2D eigenvalue weighted by molar-refractivity contribution is -0.0600. The highest BCUT2D eigenvalue weighted by Gasteiger charge is 2.51. The Morgan fingerprint density at radius 1 is 1.48 bits per heavy atom. The van der Waals surface area contributed by atoms with Crippen LogP contribution in [0.15, 0.2) is 11.1 Å². The van der Waals surface area contributed by atoms with E-state index in [0.29, 0.717) is 15.9 Å². The largest absolute Gasteiger partial charge is 0.386 e. The summed E-state index contributed by atoms with van der Waals surface area (Å²) >= 11 is 8.13. The molecular weight excluding hydrogens is 413 g/mol. The Morgan fingerprint density at radius 3 is 3.04 bits per heavy atom. The van der Waals surface area contributed by atoms with Crippen LogP contribution in [-0.2, 0) is 25.6 Å². The van der Waals surface area contributed by atoms with Gasteiger partial charge < -0.3 is 25.0 Å². The molecule has 0 radical (unpaired) electrons. The average molecular weight is 424 g/mol. The normalized spacial score (nSPS) is 37.2. The fourth-order valence-corrected chi connectivity index (χ4v) is 4.67. The van der Waals surface area contributed by atoms with Crippen LogP contribution in [-0.4, -0.2) is 54.4 Å². The van der Waals surface area contributed by atoms with Gasteiger partial charge in [0.1, 0.15) is 24.6 Å². The first-order valence-corrected chi connectivity index (χ1v) is 9.89. The minimum absolute atomic E-state index is 0.0351. The van der Waals surface area contributed by atoms with Gasteiger partial charge in [0.25, 0.3) is 0 Å². The number of fused-ring (bicyclic) bond motifs is 2. The van der Waals surface area contributed by atoms with Gasteiger partial charge in [0, 0.05) is 0 Å². The zero-order chi connectivity index (χ0) is 16.4. The summed E-state index contributed by atoms with van der Waals surface area (Å²) in [4.78, 5) is 22.0. The molecule has 2 saturated heterocycles. The molecule has 4 rings (SSSR count). The lowest BCUT2D eigenvalue weighted by Gasteiger charge is -2.30. The van der Waals surface area contributed by atoms with E-state index in [4.69, 9.17) is 31.3 Å². The zero-order valence-electron chi connectivity index (χ0n) is 11.3. The first kappa shape index (κ1) is 15.8. The summed E-state index contributed by atoms with van der Waals surface area (Å²) in [5, 5.41) is 10.6. The average Bonchev–Trinajstić information content (AvgIpc) is 2.97. The van der Waals surface area contributed by atoms with E-state index in [0.717, 1.165) is 0 Å². The summed E-state index contributed by atoms with van der Waals surface area (Å²) in [6.45, 7) is -3.32. The molecule has 2 aromatic rings. The predicted molar refractivity (Wildman–Crippen MR) is 84.7 cm³/mol. The standard InChI is InChI=1S/C10H11BrN5O5PS/c11-10-15-4-7(12)13-2-14-8(4)16(10)9-5(17)6-3(20-9)1-19-22(18,23)21-6/h2-3,5-6,9,17H,1H2,(H,18,23)(H2,12,13,14)/t3-,5-,6+,9-,22?/m1/s1. The van der Waals surface area contributed by atoms with Crippen LogP contribution in [0.4, 0.5) is 5.82 Å². The third kappa shape index (κ3) is 2.50. The van der Waals surface area contributed by atoms with Gasteiger partial charge in [-0.1, -0.05) is 0 Å². The molecule has 0 saturated carbocycles. The Balaban J connectivity index is 1.76. The summed E-state index contributed by atoms with van der Waals surface area (Å²) in [5.41, 5.74) is 6.57. The van der Waals surface area contributed by atoms with Crippen LogP contribution >= 0.6 is 22.6 Å². The summed E-state index contributed by atoms with van der Waals surface area (Å²) < 4.78 is 18.1. The van der Waals surface area contributed by atoms with E-state index < -0.39 is 31.3 Å². The maximum Gasteiger partial charge on any atom is 0.325 e. The number of hydrogen-bond acceptors (Lipinski definition) is 9. The molecule has 0 aliphatic carbocycles. The van der Waals surface area contributed by atoms with Gasteiger partial charge in [-0.25, -0.2) is 15.0 Å². The molecule has 4 heterocycles. The third-order valence-electron chi connectivity index (χ3n) is 3.68. The Labute approximate surface area is 143 Å². The fourth-order valence-electron chi connectivity index (χ4n) is 2.67. The van der Waals surface area contributed by atoms with Gasteiger partial charge in [-0.3, -0.25) is 9.09 Å². The van der Waals surface area contributed by atoms with Crippen molar-refractivity contribution in [3.8, 4) is 0 Å². The molecule has 2 aliphatic rings. The second-order valence-electron chi connectivity index (χ2n) is 5.07. The number of imidazole rings is 1. The van der Waals surface area contributed by atoms with Crippen LogP contribution in [0.2, 0.25) is 0 Å². The molecule has 4 N–H and O–H groups in total. The maximum absolute atomic E-state index is 10.6. The van der Waals surface area contributed by atoms with Gasteiger partial charge >= 0.3 is 6.72 Å². The van der Waals surface area contributed by atoms with Gasteiger partial charge in [0.2, 0.25) is 0 Å². The van der Waals surface area contributed by atoms with Crippen molar-refractivity contribution in [3.63, 3.8) is 0 Å². The Morgan fingerprint density at radius 2 is 2.26 bits per heavy atom. The summed E-state index contributed by atoms with van der Waals surface area (Å²) in [7, 11) is 0. The summed E-state index contributed by atoms with van der Waals surface area (Å²) in [6, 6.07) is 0. The van der Waals surface area contributed by atoms with Crippen LogP contribution < -0.4 is 5.73 Å². The molecule has 0 aromatic carbocycles. The number of hydrogen-bond donors (Lipinski definition) is 3. The van der Waals surface area contributed by atoms with Crippen LogP contribution in [0, 0.1) is 0 Å². The van der Waals surface area contributed by atoms with Crippen molar-refractivity contribution in [3.05, 3.63) is 11.1 Å². The number of ether oxygens (including phenoxy) is 1. The molecule has 124 valence electrons. The number of aromatic nitrogens is 4. The minimum atomic E-state index is -3.35. The van der Waals surface area contributed by atoms with Crippen LogP contribution in [0.5, 0.6) is 0 Å². The SMILES string of the molecule is Nc1ncnc2c1nc(Br)n2[C@@H]1O[C@@H]2COP(O)(=S)O[C@@H]2[C@H]1O. The van der Waals surface area contributed by atoms with E-state index >= 15 is 0 Å². The molecule has 2 aliphatic heterocycles. The van der Waals surface area contributed by atoms with Crippen LogP contribution in [0.3, 0.4) is 0 Å². The molecule has 23 heavy (non-hydrogen) atoms. The van der Waals surface area contributed by atoms with Crippen LogP contribution in [0.1, 0.15) is 6.23 Å². The smallest absolute Gasteiger partial charge is 0.325 e. The number of nitrogen functional groups attached to an aromatic ring is 1. The van der Waals surface area contributed by atoms with E-state index in [1.165, 1.54) is 6.33 Å². The monoisotopic (exact) mass is 423 g/mol. The van der Waals surface area contributed by atoms with Crippen molar-refractivity contribution in [1.29, 1.82) is 0 Å². The molecule has 5 atom stereocenters. The highest BCUT2D eigenvalue weighted by atomic mass is 79.9. The molecule has 0 spiro atoms. The lowest BCUT2D eigenvalue weighted by Crippen LogP contribution is -2.39. The van der Waals surface area contributed by atoms with Gasteiger partial charge in [0.15, 0.2) is 27.9 Å². The number of halogens is 1. The van der Waals surface area contributed by atoms with E-state index in [1.807, 2.05) is 0 Å². The molecule has 2 fully saturated rings. The number of nitrogens with zero attached hydrogens (tertiary/aromatic N) is 4. The first-order chi connectivity index (χ1) is 10.9. The molecule has 10 nitrogen and oxygen atoms in total. The lowest BCUT2D eigenvalue weighted by atomic mass is 10.1. The Kier molecular flexibility index (Phi) is 3.70.